The smallest absolute Gasteiger partial charge is 0.264 e. The van der Waals surface area contributed by atoms with Crippen LogP contribution in [0.3, 0.4) is 0 Å². The first-order valence-corrected chi connectivity index (χ1v) is 14.6. The Morgan fingerprint density at radius 1 is 0.927 bits per heavy atom. The Morgan fingerprint density at radius 3 is 2.15 bits per heavy atom. The van der Waals surface area contributed by atoms with Crippen molar-refractivity contribution >= 4 is 27.5 Å². The van der Waals surface area contributed by atoms with Crippen LogP contribution in [0.2, 0.25) is 0 Å². The molecule has 0 saturated carbocycles. The summed E-state index contributed by atoms with van der Waals surface area (Å²) in [5.41, 5.74) is 0.779. The minimum atomic E-state index is -4.29. The van der Waals surface area contributed by atoms with Gasteiger partial charge in [0.2, 0.25) is 11.8 Å². The number of carbonyl (C=O) groups excluding carboxylic acids is 2. The summed E-state index contributed by atoms with van der Waals surface area (Å²) < 4.78 is 52.8. The van der Waals surface area contributed by atoms with Crippen molar-refractivity contribution in [2.75, 3.05) is 25.1 Å². The van der Waals surface area contributed by atoms with E-state index < -0.39 is 34.3 Å². The van der Waals surface area contributed by atoms with Gasteiger partial charge in [-0.2, -0.15) is 0 Å². The number of sulfonamides is 1. The number of rotatable bonds is 13. The lowest BCUT2D eigenvalue weighted by atomic mass is 10.1. The number of ether oxygens (including phenoxy) is 2. The highest BCUT2D eigenvalue weighted by Crippen LogP contribution is 2.26. The molecule has 1 N–H and O–H groups in total. The molecule has 0 aliphatic heterocycles. The molecule has 0 spiro atoms. The Kier molecular flexibility index (Phi) is 10.7. The maximum Gasteiger partial charge on any atom is 0.264 e. The molecule has 0 fully saturated rings. The van der Waals surface area contributed by atoms with Gasteiger partial charge in [0.15, 0.2) is 0 Å². The predicted molar refractivity (Wildman–Crippen MR) is 155 cm³/mol. The van der Waals surface area contributed by atoms with Gasteiger partial charge in [-0.1, -0.05) is 19.1 Å². The quantitative estimate of drug-likeness (QED) is 0.320. The number of methoxy groups -OCH3 is 2. The number of hydrogen-bond donors (Lipinski definition) is 1. The van der Waals surface area contributed by atoms with E-state index in [0.29, 0.717) is 23.5 Å². The molecule has 3 aromatic rings. The molecular formula is C30H36FN3O6S. The largest absolute Gasteiger partial charge is 0.497 e. The van der Waals surface area contributed by atoms with Gasteiger partial charge in [-0.3, -0.25) is 13.9 Å². The first-order valence-electron chi connectivity index (χ1n) is 13.1. The van der Waals surface area contributed by atoms with E-state index in [1.54, 1.807) is 31.2 Å². The maximum atomic E-state index is 13.9. The van der Waals surface area contributed by atoms with Gasteiger partial charge in [-0.15, -0.1) is 0 Å². The number of amides is 2. The monoisotopic (exact) mass is 585 g/mol. The van der Waals surface area contributed by atoms with Crippen LogP contribution in [0.15, 0.2) is 77.7 Å². The second-order valence-electron chi connectivity index (χ2n) is 9.53. The van der Waals surface area contributed by atoms with E-state index in [2.05, 4.69) is 5.32 Å². The minimum Gasteiger partial charge on any atom is -0.497 e. The molecule has 41 heavy (non-hydrogen) atoms. The van der Waals surface area contributed by atoms with Crippen LogP contribution in [0.4, 0.5) is 10.1 Å². The van der Waals surface area contributed by atoms with Crippen LogP contribution in [0, 0.1) is 5.82 Å². The SMILES string of the molecule is CCC(C)NC(=O)C(C)N(Cc1cccc(OC)c1)C(=O)CN(c1ccc(F)cc1)S(=O)(=O)c1ccc(OC)cc1. The van der Waals surface area contributed by atoms with E-state index >= 15 is 0 Å². The van der Waals surface area contributed by atoms with Gasteiger partial charge in [0, 0.05) is 12.6 Å². The number of hydrogen-bond acceptors (Lipinski definition) is 6. The summed E-state index contributed by atoms with van der Waals surface area (Å²) in [6.07, 6.45) is 0.695. The Bertz CT molecular complexity index is 1430. The molecule has 3 aromatic carbocycles. The average molecular weight is 586 g/mol. The summed E-state index contributed by atoms with van der Waals surface area (Å²) in [7, 11) is -1.30. The fourth-order valence-electron chi connectivity index (χ4n) is 4.03. The lowest BCUT2D eigenvalue weighted by Crippen LogP contribution is -2.52. The summed E-state index contributed by atoms with van der Waals surface area (Å²) in [6.45, 7) is 4.77. The standard InChI is InChI=1S/C30H36FN3O6S/c1-6-21(2)32-30(36)22(3)33(19-23-8-7-9-27(18-23)40-5)29(35)20-34(25-12-10-24(31)11-13-25)41(37,38)28-16-14-26(39-4)15-17-28/h7-18,21-22H,6,19-20H2,1-5H3,(H,32,36). The number of nitrogens with zero attached hydrogens (tertiary/aromatic N) is 2. The Morgan fingerprint density at radius 2 is 1.56 bits per heavy atom. The number of nitrogens with one attached hydrogen (secondary N) is 1. The van der Waals surface area contributed by atoms with E-state index in [0.717, 1.165) is 16.4 Å². The molecule has 11 heteroatoms. The number of carbonyl (C=O) groups is 2. The molecular weight excluding hydrogens is 549 g/mol. The first-order chi connectivity index (χ1) is 19.5. The third-order valence-corrected chi connectivity index (χ3v) is 8.48. The van der Waals surface area contributed by atoms with Crippen molar-refractivity contribution in [3.05, 3.63) is 84.2 Å². The van der Waals surface area contributed by atoms with Crippen molar-refractivity contribution < 1.29 is 31.9 Å². The van der Waals surface area contributed by atoms with E-state index in [1.165, 1.54) is 55.5 Å². The van der Waals surface area contributed by atoms with Crippen molar-refractivity contribution in [1.29, 1.82) is 0 Å². The summed E-state index contributed by atoms with van der Waals surface area (Å²) in [4.78, 5) is 28.3. The molecule has 2 amide bonds. The summed E-state index contributed by atoms with van der Waals surface area (Å²) >= 11 is 0. The van der Waals surface area contributed by atoms with Crippen LogP contribution in [0.5, 0.6) is 11.5 Å². The van der Waals surface area contributed by atoms with E-state index in [-0.39, 0.29) is 29.1 Å². The van der Waals surface area contributed by atoms with Crippen molar-refractivity contribution in [1.82, 2.24) is 10.2 Å². The van der Waals surface area contributed by atoms with Crippen molar-refractivity contribution in [2.45, 2.75) is 50.7 Å². The second kappa shape index (κ2) is 14.0. The first kappa shape index (κ1) is 31.4. The molecule has 9 nitrogen and oxygen atoms in total. The highest BCUT2D eigenvalue weighted by molar-refractivity contribution is 7.92. The fourth-order valence-corrected chi connectivity index (χ4v) is 5.44. The predicted octanol–water partition coefficient (Wildman–Crippen LogP) is 4.37. The lowest BCUT2D eigenvalue weighted by molar-refractivity contribution is -0.139. The molecule has 0 radical (unpaired) electrons. The zero-order valence-corrected chi connectivity index (χ0v) is 24.7. The molecule has 0 aromatic heterocycles. The van der Waals surface area contributed by atoms with Gasteiger partial charge >= 0.3 is 0 Å². The van der Waals surface area contributed by atoms with Gasteiger partial charge in [0.1, 0.15) is 29.9 Å². The Hall–Kier alpha value is -4.12. The summed E-state index contributed by atoms with van der Waals surface area (Å²) in [6, 6.07) is 16.5. The van der Waals surface area contributed by atoms with Crippen LogP contribution in [0.25, 0.3) is 0 Å². The van der Waals surface area contributed by atoms with Gasteiger partial charge in [-0.25, -0.2) is 12.8 Å². The van der Waals surface area contributed by atoms with Gasteiger partial charge in [-0.05, 0) is 86.5 Å². The lowest BCUT2D eigenvalue weighted by Gasteiger charge is -2.32. The van der Waals surface area contributed by atoms with Crippen LogP contribution >= 0.6 is 0 Å². The van der Waals surface area contributed by atoms with Gasteiger partial charge in [0.25, 0.3) is 10.0 Å². The van der Waals surface area contributed by atoms with Crippen LogP contribution in [0.1, 0.15) is 32.8 Å². The van der Waals surface area contributed by atoms with Crippen molar-refractivity contribution in [2.24, 2.45) is 0 Å². The molecule has 220 valence electrons. The molecule has 0 heterocycles. The third kappa shape index (κ3) is 7.97. The second-order valence-corrected chi connectivity index (χ2v) is 11.4. The summed E-state index contributed by atoms with van der Waals surface area (Å²) in [5.74, 6) is -0.527. The molecule has 0 aliphatic carbocycles. The molecule has 2 unspecified atom stereocenters. The van der Waals surface area contributed by atoms with Crippen LogP contribution in [-0.4, -0.2) is 58.0 Å². The molecule has 3 rings (SSSR count). The van der Waals surface area contributed by atoms with Gasteiger partial charge in [0.05, 0.1) is 24.8 Å². The normalized spacial score (nSPS) is 12.6. The molecule has 2 atom stereocenters. The highest BCUT2D eigenvalue weighted by Gasteiger charge is 2.33. The zero-order valence-electron chi connectivity index (χ0n) is 23.8. The number of benzene rings is 3. The van der Waals surface area contributed by atoms with Crippen LogP contribution < -0.4 is 19.1 Å². The topological polar surface area (TPSA) is 105 Å². The maximum absolute atomic E-state index is 13.9. The van der Waals surface area contributed by atoms with E-state index in [1.807, 2.05) is 13.8 Å². The van der Waals surface area contributed by atoms with E-state index in [9.17, 15) is 22.4 Å². The zero-order chi connectivity index (χ0) is 30.2. The molecule has 0 aliphatic rings. The third-order valence-electron chi connectivity index (χ3n) is 6.70. The van der Waals surface area contributed by atoms with Gasteiger partial charge < -0.3 is 19.7 Å². The van der Waals surface area contributed by atoms with Crippen molar-refractivity contribution in [3.63, 3.8) is 0 Å². The Labute approximate surface area is 240 Å². The summed E-state index contributed by atoms with van der Waals surface area (Å²) in [5, 5.41) is 2.89. The number of halogens is 1. The fraction of sp³-hybridized carbons (Fsp3) is 0.333. The van der Waals surface area contributed by atoms with Crippen molar-refractivity contribution in [3.8, 4) is 11.5 Å². The van der Waals surface area contributed by atoms with E-state index in [4.69, 9.17) is 9.47 Å². The minimum absolute atomic E-state index is 0.0188. The molecule has 0 saturated heterocycles. The van der Waals surface area contributed by atoms with Crippen LogP contribution in [-0.2, 0) is 26.2 Å². The molecule has 0 bridgehead atoms. The Balaban J connectivity index is 2.03. The number of anilines is 1. The highest BCUT2D eigenvalue weighted by atomic mass is 32.2. The average Bonchev–Trinajstić information content (AvgIpc) is 2.98.